The van der Waals surface area contributed by atoms with E-state index in [1.807, 2.05) is 0 Å². The van der Waals surface area contributed by atoms with Crippen molar-refractivity contribution in [2.75, 3.05) is 6.54 Å². The summed E-state index contributed by atoms with van der Waals surface area (Å²) in [6.45, 7) is 6.74. The third-order valence-electron chi connectivity index (χ3n) is 3.98. The molecular formula is C17H33N5O5. The number of rotatable bonds is 12. The van der Waals surface area contributed by atoms with E-state index in [1.165, 1.54) is 13.8 Å². The number of amides is 3. The van der Waals surface area contributed by atoms with E-state index in [0.717, 1.165) is 0 Å². The number of carboxylic acids is 1. The molecule has 0 saturated carbocycles. The van der Waals surface area contributed by atoms with Crippen LogP contribution in [0.15, 0.2) is 0 Å². The van der Waals surface area contributed by atoms with Gasteiger partial charge in [0.2, 0.25) is 17.7 Å². The van der Waals surface area contributed by atoms with E-state index >= 15 is 0 Å². The molecule has 0 heterocycles. The van der Waals surface area contributed by atoms with Crippen LogP contribution >= 0.6 is 0 Å². The van der Waals surface area contributed by atoms with Crippen molar-refractivity contribution in [1.82, 2.24) is 16.0 Å². The molecule has 10 heteroatoms. The van der Waals surface area contributed by atoms with Crippen molar-refractivity contribution in [3.05, 3.63) is 0 Å². The molecule has 156 valence electrons. The van der Waals surface area contributed by atoms with Gasteiger partial charge in [0.25, 0.3) is 0 Å². The van der Waals surface area contributed by atoms with Crippen molar-refractivity contribution in [1.29, 1.82) is 0 Å². The molecule has 0 fully saturated rings. The predicted molar refractivity (Wildman–Crippen MR) is 100 cm³/mol. The van der Waals surface area contributed by atoms with Crippen LogP contribution in [0.1, 0.15) is 47.0 Å². The maximum Gasteiger partial charge on any atom is 0.326 e. The maximum absolute atomic E-state index is 12.5. The highest BCUT2D eigenvalue weighted by atomic mass is 16.4. The lowest BCUT2D eigenvalue weighted by molar-refractivity contribution is -0.143. The van der Waals surface area contributed by atoms with Crippen LogP contribution in [-0.2, 0) is 19.2 Å². The van der Waals surface area contributed by atoms with Crippen LogP contribution in [0.5, 0.6) is 0 Å². The summed E-state index contributed by atoms with van der Waals surface area (Å²) in [5.41, 5.74) is 10.9. The molecule has 4 atom stereocenters. The number of carbonyl (C=O) groups is 4. The zero-order chi connectivity index (χ0) is 21.1. The molecule has 0 radical (unpaired) electrons. The lowest BCUT2D eigenvalue weighted by atomic mass is 10.0. The van der Waals surface area contributed by atoms with Gasteiger partial charge >= 0.3 is 5.97 Å². The summed E-state index contributed by atoms with van der Waals surface area (Å²) in [5.74, 6) is -3.12. The van der Waals surface area contributed by atoms with Crippen molar-refractivity contribution >= 4 is 23.7 Å². The van der Waals surface area contributed by atoms with Crippen molar-refractivity contribution in [3.63, 3.8) is 0 Å². The first-order chi connectivity index (χ1) is 12.5. The summed E-state index contributed by atoms with van der Waals surface area (Å²) in [4.78, 5) is 47.7. The van der Waals surface area contributed by atoms with Gasteiger partial charge in [-0.25, -0.2) is 4.79 Å². The van der Waals surface area contributed by atoms with Crippen molar-refractivity contribution < 1.29 is 24.3 Å². The zero-order valence-electron chi connectivity index (χ0n) is 16.5. The Morgan fingerprint density at radius 3 is 1.93 bits per heavy atom. The van der Waals surface area contributed by atoms with Crippen LogP contribution in [0, 0.1) is 5.92 Å². The van der Waals surface area contributed by atoms with Crippen molar-refractivity contribution in [2.24, 2.45) is 17.4 Å². The molecule has 0 aliphatic carbocycles. The molecule has 0 aliphatic rings. The van der Waals surface area contributed by atoms with E-state index < -0.39 is 47.9 Å². The fraction of sp³-hybridized carbons (Fsp3) is 0.765. The van der Waals surface area contributed by atoms with E-state index in [0.29, 0.717) is 25.8 Å². The highest BCUT2D eigenvalue weighted by molar-refractivity contribution is 5.93. The minimum atomic E-state index is -1.15. The molecule has 0 aromatic carbocycles. The minimum Gasteiger partial charge on any atom is -0.480 e. The Morgan fingerprint density at radius 2 is 1.48 bits per heavy atom. The van der Waals surface area contributed by atoms with Gasteiger partial charge in [-0.1, -0.05) is 13.8 Å². The average Bonchev–Trinajstić information content (AvgIpc) is 2.57. The van der Waals surface area contributed by atoms with E-state index in [9.17, 15) is 24.3 Å². The first kappa shape index (κ1) is 24.8. The van der Waals surface area contributed by atoms with Gasteiger partial charge in [-0.15, -0.1) is 0 Å². The van der Waals surface area contributed by atoms with Crippen LogP contribution < -0.4 is 27.4 Å². The third-order valence-corrected chi connectivity index (χ3v) is 3.98. The van der Waals surface area contributed by atoms with Gasteiger partial charge in [0.15, 0.2) is 0 Å². The topological polar surface area (TPSA) is 177 Å². The lowest BCUT2D eigenvalue weighted by Gasteiger charge is -2.24. The normalized spacial score (nSPS) is 15.4. The molecular weight excluding hydrogens is 354 g/mol. The Morgan fingerprint density at radius 1 is 0.889 bits per heavy atom. The van der Waals surface area contributed by atoms with Gasteiger partial charge in [-0.3, -0.25) is 14.4 Å². The van der Waals surface area contributed by atoms with Gasteiger partial charge in [0.1, 0.15) is 18.1 Å². The molecule has 4 unspecified atom stereocenters. The maximum atomic E-state index is 12.5. The Bertz CT molecular complexity index is 524. The second-order valence-corrected chi connectivity index (χ2v) is 6.93. The fourth-order valence-electron chi connectivity index (χ4n) is 2.24. The van der Waals surface area contributed by atoms with E-state index in [1.54, 1.807) is 13.8 Å². The summed E-state index contributed by atoms with van der Waals surface area (Å²) in [7, 11) is 0. The van der Waals surface area contributed by atoms with E-state index in [2.05, 4.69) is 16.0 Å². The van der Waals surface area contributed by atoms with Gasteiger partial charge in [-0.2, -0.15) is 0 Å². The highest BCUT2D eigenvalue weighted by Gasteiger charge is 2.29. The number of nitrogens with two attached hydrogens (primary N) is 2. The summed E-state index contributed by atoms with van der Waals surface area (Å²) in [6, 6.07) is -3.67. The Labute approximate surface area is 159 Å². The monoisotopic (exact) mass is 387 g/mol. The summed E-state index contributed by atoms with van der Waals surface area (Å²) in [5, 5.41) is 16.7. The molecule has 0 bridgehead atoms. The summed E-state index contributed by atoms with van der Waals surface area (Å²) >= 11 is 0. The first-order valence-corrected chi connectivity index (χ1v) is 9.10. The number of aliphatic carboxylic acids is 1. The quantitative estimate of drug-likeness (QED) is 0.225. The largest absolute Gasteiger partial charge is 0.480 e. The smallest absolute Gasteiger partial charge is 0.326 e. The van der Waals surface area contributed by atoms with Crippen LogP contribution in [0.4, 0.5) is 0 Å². The van der Waals surface area contributed by atoms with Gasteiger partial charge < -0.3 is 32.5 Å². The second-order valence-electron chi connectivity index (χ2n) is 6.93. The fourth-order valence-corrected chi connectivity index (χ4v) is 2.24. The molecule has 3 amide bonds. The molecule has 0 spiro atoms. The molecule has 0 aromatic rings. The third kappa shape index (κ3) is 9.34. The van der Waals surface area contributed by atoms with Crippen molar-refractivity contribution in [2.45, 2.75) is 71.1 Å². The van der Waals surface area contributed by atoms with E-state index in [-0.39, 0.29) is 5.92 Å². The SMILES string of the molecule is CC(N)C(=O)NC(C)C(=O)NC(CCCCN)C(=O)NC(C(=O)O)C(C)C. The standard InChI is InChI=1S/C17H33N5O5/c1-9(2)13(17(26)27)22-16(25)12(7-5-6-8-18)21-15(24)11(4)20-14(23)10(3)19/h9-13H,5-8,18-19H2,1-4H3,(H,20,23)(H,21,24)(H,22,25)(H,26,27). The van der Waals surface area contributed by atoms with Gasteiger partial charge in [0.05, 0.1) is 6.04 Å². The van der Waals surface area contributed by atoms with Gasteiger partial charge in [0, 0.05) is 0 Å². The zero-order valence-corrected chi connectivity index (χ0v) is 16.5. The van der Waals surface area contributed by atoms with Crippen LogP contribution in [0.2, 0.25) is 0 Å². The lowest BCUT2D eigenvalue weighted by Crippen LogP contribution is -2.56. The Hall–Kier alpha value is -2.20. The number of carboxylic acid groups (broad SMARTS) is 1. The first-order valence-electron chi connectivity index (χ1n) is 9.10. The molecule has 0 aliphatic heterocycles. The summed E-state index contributed by atoms with van der Waals surface area (Å²) in [6.07, 6.45) is 1.53. The number of carbonyl (C=O) groups excluding carboxylic acids is 3. The molecule has 0 saturated heterocycles. The molecule has 0 rings (SSSR count). The summed E-state index contributed by atoms with van der Waals surface area (Å²) < 4.78 is 0. The number of hydrogen-bond acceptors (Lipinski definition) is 6. The predicted octanol–water partition coefficient (Wildman–Crippen LogP) is -1.32. The molecule has 10 nitrogen and oxygen atoms in total. The molecule has 0 aromatic heterocycles. The number of hydrogen-bond donors (Lipinski definition) is 6. The van der Waals surface area contributed by atoms with Crippen LogP contribution in [0.3, 0.4) is 0 Å². The number of unbranched alkanes of at least 4 members (excludes halogenated alkanes) is 1. The van der Waals surface area contributed by atoms with E-state index in [4.69, 9.17) is 11.5 Å². The van der Waals surface area contributed by atoms with Crippen molar-refractivity contribution in [3.8, 4) is 0 Å². The number of nitrogens with one attached hydrogen (secondary N) is 3. The second kappa shape index (κ2) is 12.2. The Balaban J connectivity index is 5.06. The van der Waals surface area contributed by atoms with Crippen LogP contribution in [0.25, 0.3) is 0 Å². The minimum absolute atomic E-state index is 0.299. The average molecular weight is 387 g/mol. The van der Waals surface area contributed by atoms with Gasteiger partial charge in [-0.05, 0) is 45.6 Å². The Kier molecular flexibility index (Phi) is 11.2. The molecule has 27 heavy (non-hydrogen) atoms. The van der Waals surface area contributed by atoms with Crippen LogP contribution in [-0.4, -0.2) is 59.5 Å². The highest BCUT2D eigenvalue weighted by Crippen LogP contribution is 2.06. The molecule has 8 N–H and O–H groups in total.